The van der Waals surface area contributed by atoms with Crippen molar-refractivity contribution in [3.05, 3.63) is 161 Å². The highest BCUT2D eigenvalue weighted by molar-refractivity contribution is 7.99. The van der Waals surface area contributed by atoms with E-state index in [1.807, 2.05) is 109 Å². The van der Waals surface area contributed by atoms with E-state index in [1.165, 1.54) is 18.0 Å². The Morgan fingerprint density at radius 3 is 2.37 bits per heavy atom. The first-order valence-electron chi connectivity index (χ1n) is 17.7. The van der Waals surface area contributed by atoms with E-state index in [2.05, 4.69) is 5.32 Å². The molecule has 2 saturated heterocycles. The van der Waals surface area contributed by atoms with Crippen LogP contribution in [0.2, 0.25) is 0 Å². The van der Waals surface area contributed by atoms with Crippen molar-refractivity contribution in [2.45, 2.75) is 62.2 Å². The molecule has 0 saturated carbocycles. The number of pyridine rings is 1. The molecule has 3 heterocycles. The van der Waals surface area contributed by atoms with Gasteiger partial charge in [0.25, 0.3) is 10.9 Å². The summed E-state index contributed by atoms with van der Waals surface area (Å²) in [5, 5.41) is 25.0. The third-order valence-corrected chi connectivity index (χ3v) is 10.5. The zero-order valence-electron chi connectivity index (χ0n) is 29.3. The second kappa shape index (κ2) is 17.1. The SMILES string of the molecule is O=C(NC1CC(=O)N(Cc2cccc(-c3cccc([C@@H]4O[C@H](CSc5cccc[n+]5[O-])C[C@H](c5ccc(CO)cc5)O4)c3)c2)C1=O)OCc1ccccc1. The molecule has 54 heavy (non-hydrogen) atoms. The molecule has 0 bridgehead atoms. The minimum Gasteiger partial charge on any atom is -0.618 e. The number of nitrogens with zero attached hydrogens (tertiary/aromatic N) is 2. The molecule has 12 heteroatoms. The molecule has 7 rings (SSSR count). The third kappa shape index (κ3) is 8.97. The first-order valence-corrected chi connectivity index (χ1v) is 18.6. The molecule has 5 aromatic rings. The van der Waals surface area contributed by atoms with Crippen LogP contribution < -0.4 is 10.0 Å². The molecular formula is C42H39N3O8S. The van der Waals surface area contributed by atoms with Crippen LogP contribution in [0.5, 0.6) is 0 Å². The van der Waals surface area contributed by atoms with E-state index in [9.17, 15) is 24.7 Å². The van der Waals surface area contributed by atoms with E-state index in [0.29, 0.717) is 17.2 Å². The number of likely N-dealkylation sites (tertiary alicyclic amines) is 1. The number of aliphatic hydroxyl groups excluding tert-OH is 1. The molecule has 2 aliphatic heterocycles. The quantitative estimate of drug-likeness (QED) is 0.0645. The number of alkyl carbamates (subject to hydrolysis) is 1. The van der Waals surface area contributed by atoms with Crippen molar-refractivity contribution >= 4 is 29.7 Å². The van der Waals surface area contributed by atoms with E-state index < -0.39 is 24.3 Å². The Morgan fingerprint density at radius 1 is 0.852 bits per heavy atom. The van der Waals surface area contributed by atoms with Gasteiger partial charge < -0.3 is 29.8 Å². The first kappa shape index (κ1) is 36.8. The second-order valence-electron chi connectivity index (χ2n) is 13.1. The largest absolute Gasteiger partial charge is 0.618 e. The number of rotatable bonds is 12. The monoisotopic (exact) mass is 745 g/mol. The predicted octanol–water partition coefficient (Wildman–Crippen LogP) is 6.37. The van der Waals surface area contributed by atoms with Crippen LogP contribution in [0.25, 0.3) is 11.1 Å². The Kier molecular flexibility index (Phi) is 11.6. The normalized spacial score (nSPS) is 19.8. The highest BCUT2D eigenvalue weighted by Gasteiger charge is 2.40. The minimum atomic E-state index is -0.997. The number of aromatic nitrogens is 1. The van der Waals surface area contributed by atoms with E-state index in [-0.39, 0.29) is 44.3 Å². The summed E-state index contributed by atoms with van der Waals surface area (Å²) in [5.74, 6) is -0.322. The maximum atomic E-state index is 13.2. The van der Waals surface area contributed by atoms with Gasteiger partial charge >= 0.3 is 6.09 Å². The molecule has 2 fully saturated rings. The fourth-order valence-corrected chi connectivity index (χ4v) is 7.43. The van der Waals surface area contributed by atoms with Crippen molar-refractivity contribution in [2.24, 2.45) is 0 Å². The fraction of sp³-hybridized carbons (Fsp3) is 0.238. The van der Waals surface area contributed by atoms with Crippen molar-refractivity contribution in [3.63, 3.8) is 0 Å². The number of carbonyl (C=O) groups excluding carboxylic acids is 3. The van der Waals surface area contributed by atoms with Crippen LogP contribution in [-0.4, -0.2) is 45.8 Å². The zero-order valence-corrected chi connectivity index (χ0v) is 30.1. The topological polar surface area (TPSA) is 141 Å². The summed E-state index contributed by atoms with van der Waals surface area (Å²) in [6.45, 7) is 0.0537. The van der Waals surface area contributed by atoms with Crippen molar-refractivity contribution in [1.82, 2.24) is 10.2 Å². The number of thioether (sulfide) groups is 1. The maximum Gasteiger partial charge on any atom is 0.408 e. The third-order valence-electron chi connectivity index (χ3n) is 9.33. The van der Waals surface area contributed by atoms with Gasteiger partial charge in [0.05, 0.1) is 31.8 Å². The highest BCUT2D eigenvalue weighted by Crippen LogP contribution is 2.40. The molecule has 4 aromatic carbocycles. The Balaban J connectivity index is 1.04. The van der Waals surface area contributed by atoms with Gasteiger partial charge in [-0.05, 0) is 51.6 Å². The van der Waals surface area contributed by atoms with E-state index >= 15 is 0 Å². The number of benzene rings is 4. The summed E-state index contributed by atoms with van der Waals surface area (Å²) in [6.07, 6.45) is -0.0716. The number of ether oxygens (including phenoxy) is 3. The Hall–Kier alpha value is -5.53. The van der Waals surface area contributed by atoms with Crippen LogP contribution >= 0.6 is 11.8 Å². The molecule has 1 aromatic heterocycles. The molecule has 3 amide bonds. The van der Waals surface area contributed by atoms with E-state index in [0.717, 1.165) is 48.6 Å². The highest BCUT2D eigenvalue weighted by atomic mass is 32.2. The van der Waals surface area contributed by atoms with Gasteiger partial charge in [-0.25, -0.2) is 4.79 Å². The standard InChI is InChI=1S/C42H39N3O8S/c46-25-28-15-17-31(18-16-28)37-22-35(27-54-39-14-4-5-19-45(39)50)52-41(53-37)34-13-7-12-33(21-34)32-11-6-10-30(20-32)24-44-38(47)23-36(40(44)48)43-42(49)51-26-29-8-2-1-3-9-29/h1-21,35-37,41,46H,22-27H2,(H,43,49)/t35-,36?,37+,41+/m0/s1. The summed E-state index contributed by atoms with van der Waals surface area (Å²) < 4.78 is 19.2. The molecule has 11 nitrogen and oxygen atoms in total. The lowest BCUT2D eigenvalue weighted by atomic mass is 9.99. The van der Waals surface area contributed by atoms with Crippen molar-refractivity contribution in [2.75, 3.05) is 5.75 Å². The molecule has 2 N–H and O–H groups in total. The van der Waals surface area contributed by atoms with Crippen molar-refractivity contribution < 1.29 is 38.4 Å². The molecule has 0 radical (unpaired) electrons. The summed E-state index contributed by atoms with van der Waals surface area (Å²) in [4.78, 5) is 39.7. The van der Waals surface area contributed by atoms with Crippen LogP contribution in [0.4, 0.5) is 4.79 Å². The number of aliphatic hydroxyl groups is 1. The Bertz CT molecular complexity index is 2100. The van der Waals surface area contributed by atoms with Crippen LogP contribution in [-0.2, 0) is 43.6 Å². The van der Waals surface area contributed by atoms with Crippen molar-refractivity contribution in [3.8, 4) is 11.1 Å². The average Bonchev–Trinajstić information content (AvgIpc) is 3.47. The minimum absolute atomic E-state index is 0.0501. The first-order chi connectivity index (χ1) is 26.3. The van der Waals surface area contributed by atoms with E-state index in [1.54, 1.807) is 12.1 Å². The van der Waals surface area contributed by atoms with Gasteiger partial charge in [0.2, 0.25) is 5.91 Å². The molecule has 0 aliphatic carbocycles. The van der Waals surface area contributed by atoms with Gasteiger partial charge in [0.1, 0.15) is 12.6 Å². The summed E-state index contributed by atoms with van der Waals surface area (Å²) >= 11 is 1.43. The fourth-order valence-electron chi connectivity index (χ4n) is 6.49. The predicted molar refractivity (Wildman–Crippen MR) is 200 cm³/mol. The Morgan fingerprint density at radius 2 is 1.59 bits per heavy atom. The van der Waals surface area contributed by atoms with Gasteiger partial charge in [-0.1, -0.05) is 103 Å². The van der Waals surface area contributed by atoms with Crippen molar-refractivity contribution in [1.29, 1.82) is 0 Å². The number of hydrogen-bond acceptors (Lipinski definition) is 9. The maximum absolute atomic E-state index is 13.2. The molecular weight excluding hydrogens is 707 g/mol. The van der Waals surface area contributed by atoms with Gasteiger partial charge in [-0.2, -0.15) is 4.73 Å². The Labute approximate surface area is 317 Å². The summed E-state index contributed by atoms with van der Waals surface area (Å²) in [7, 11) is 0. The van der Waals surface area contributed by atoms with E-state index in [4.69, 9.17) is 14.2 Å². The lowest BCUT2D eigenvalue weighted by Crippen LogP contribution is -2.41. The zero-order chi connectivity index (χ0) is 37.4. The second-order valence-corrected chi connectivity index (χ2v) is 14.2. The average molecular weight is 746 g/mol. The number of imide groups is 1. The lowest BCUT2D eigenvalue weighted by Gasteiger charge is -2.36. The van der Waals surface area contributed by atoms with Crippen LogP contribution in [0.1, 0.15) is 53.1 Å². The number of hydrogen-bond donors (Lipinski definition) is 2. The van der Waals surface area contributed by atoms with Crippen LogP contribution in [0.3, 0.4) is 0 Å². The molecule has 0 spiro atoms. The van der Waals surface area contributed by atoms with Gasteiger partial charge in [-0.15, -0.1) is 0 Å². The number of amides is 3. The lowest BCUT2D eigenvalue weighted by molar-refractivity contribution is -0.645. The summed E-state index contributed by atoms with van der Waals surface area (Å²) in [6, 6.07) is 36.6. The van der Waals surface area contributed by atoms with Crippen LogP contribution in [0, 0.1) is 5.21 Å². The number of carbonyl (C=O) groups is 3. The van der Waals surface area contributed by atoms with Gasteiger partial charge in [0, 0.05) is 29.9 Å². The smallest absolute Gasteiger partial charge is 0.408 e. The number of nitrogens with one attached hydrogen (secondary N) is 1. The molecule has 276 valence electrons. The molecule has 2 aliphatic rings. The molecule has 4 atom stereocenters. The molecule has 1 unspecified atom stereocenters. The van der Waals surface area contributed by atoms with Gasteiger partial charge in [-0.3, -0.25) is 14.5 Å². The van der Waals surface area contributed by atoms with Crippen LogP contribution in [0.15, 0.2) is 133 Å². The van der Waals surface area contributed by atoms with Gasteiger partial charge in [0.15, 0.2) is 12.5 Å². The summed E-state index contributed by atoms with van der Waals surface area (Å²) in [5.41, 5.74) is 5.89.